The van der Waals surface area contributed by atoms with Crippen LogP contribution < -0.4 is 10.2 Å². The Morgan fingerprint density at radius 2 is 0.514 bits per heavy atom. The molecule has 0 heterocycles. The average molecular weight is 1020 g/mol. The fraction of sp³-hybridized carbons (Fsp3) is 0.879. The number of allylic oxidation sites excluding steroid dienone is 3. The monoisotopic (exact) mass is 1020 g/mol. The van der Waals surface area contributed by atoms with Crippen LogP contribution in [0.25, 0.3) is 0 Å². The van der Waals surface area contributed by atoms with Crippen molar-refractivity contribution in [2.75, 3.05) is 42.3 Å². The predicted octanol–water partition coefficient (Wildman–Crippen LogP) is 18.9. The van der Waals surface area contributed by atoms with E-state index in [0.29, 0.717) is 0 Å². The molecule has 1 atom stereocenters. The molecule has 0 aromatic heterocycles. The molecule has 0 radical (unpaired) electrons. The van der Waals surface area contributed by atoms with Crippen LogP contribution in [0.5, 0.6) is 0 Å². The number of carbonyl (C=O) groups excluding carboxylic acids is 2. The number of carboxylic acids is 2. The first-order valence-electron chi connectivity index (χ1n) is 31.7. The Labute approximate surface area is 452 Å². The van der Waals surface area contributed by atoms with Gasteiger partial charge in [0.25, 0.3) is 0 Å². The zero-order chi connectivity index (χ0) is 53.9. The van der Waals surface area contributed by atoms with Gasteiger partial charge in [0.15, 0.2) is 0 Å². The molecule has 0 aliphatic heterocycles. The lowest BCUT2D eigenvalue weighted by atomic mass is 10.0. The Balaban J connectivity index is -0.00000104. The van der Waals surface area contributed by atoms with E-state index >= 15 is 0 Å². The van der Waals surface area contributed by atoms with Crippen LogP contribution in [0.15, 0.2) is 36.7 Å². The summed E-state index contributed by atoms with van der Waals surface area (Å²) >= 11 is 0. The highest BCUT2D eigenvalue weighted by Crippen LogP contribution is 2.17. The van der Waals surface area contributed by atoms with Gasteiger partial charge in [-0.2, -0.15) is 0 Å². The molecule has 428 valence electrons. The highest BCUT2D eigenvalue weighted by Gasteiger charge is 2.06. The number of nitrogens with zero attached hydrogens (tertiary/aromatic N) is 2. The Morgan fingerprint density at radius 1 is 0.319 bits per heavy atom. The van der Waals surface area contributed by atoms with E-state index in [-0.39, 0.29) is 0 Å². The average Bonchev–Trinajstić information content (AvgIpc) is 3.32. The summed E-state index contributed by atoms with van der Waals surface area (Å²) in [7, 11) is 13.2. The molecule has 0 bridgehead atoms. The molecular weight excluding hydrogens is 885 g/mol. The summed E-state index contributed by atoms with van der Waals surface area (Å²) in [5.74, 6) is -3.79. The maximum atomic E-state index is 10.8. The first-order chi connectivity index (χ1) is 34.7. The molecule has 72 heavy (non-hydrogen) atoms. The standard InChI is InChI=1S/C28H52O4.2C19H40N/c1-2-3-4-5-6-7-8-9-10-11-12-13-14-15-16-17-18-19-20-21-22-23-24-26(28(31)32)25-27(29)30;2*1-5-6-7-8-9-10-11-12-13-14-15-16-17-18-19-20(2,3)4/h23-24,26H,2-22,25H2,1H3,(H,29,30)(H,31,32);2*18-19H,5-17H2,1-4H3/q;2*+1/p-2. The van der Waals surface area contributed by atoms with Crippen LogP contribution in [-0.4, -0.2) is 63.2 Å². The van der Waals surface area contributed by atoms with E-state index in [0.717, 1.165) is 28.2 Å². The molecule has 0 spiro atoms. The minimum absolute atomic E-state index is 0.516. The van der Waals surface area contributed by atoms with Crippen molar-refractivity contribution in [2.24, 2.45) is 5.92 Å². The minimum Gasteiger partial charge on any atom is -0.550 e. The number of unbranched alkanes of at least 4 members (excludes halogenated alkanes) is 44. The first kappa shape index (κ1) is 74.3. The molecule has 0 saturated carbocycles. The number of carbonyl (C=O) groups is 2. The zero-order valence-corrected chi connectivity index (χ0v) is 50.5. The highest BCUT2D eigenvalue weighted by molar-refractivity contribution is 5.77. The second-order valence-electron chi connectivity index (χ2n) is 23.8. The lowest BCUT2D eigenvalue weighted by Gasteiger charge is -2.17. The highest BCUT2D eigenvalue weighted by atomic mass is 16.4. The van der Waals surface area contributed by atoms with E-state index in [2.05, 4.69) is 87.6 Å². The Kier molecular flexibility index (Phi) is 61.9. The minimum atomic E-state index is -1.36. The van der Waals surface area contributed by atoms with Crippen LogP contribution in [0.4, 0.5) is 0 Å². The van der Waals surface area contributed by atoms with E-state index in [9.17, 15) is 19.8 Å². The number of aliphatic carboxylic acids is 2. The van der Waals surface area contributed by atoms with Gasteiger partial charge in [-0.1, -0.05) is 296 Å². The van der Waals surface area contributed by atoms with Gasteiger partial charge in [0.05, 0.1) is 54.7 Å². The third-order valence-electron chi connectivity index (χ3n) is 13.8. The van der Waals surface area contributed by atoms with Gasteiger partial charge in [-0.05, 0) is 57.1 Å². The molecular formula is C66H130N2O4. The summed E-state index contributed by atoms with van der Waals surface area (Å²) in [5.41, 5.74) is 0. The molecule has 0 aromatic carbocycles. The molecule has 6 nitrogen and oxygen atoms in total. The Bertz CT molecular complexity index is 1120. The largest absolute Gasteiger partial charge is 0.550 e. The summed E-state index contributed by atoms with van der Waals surface area (Å²) in [6.07, 6.45) is 76.8. The predicted molar refractivity (Wildman–Crippen MR) is 316 cm³/mol. The van der Waals surface area contributed by atoms with E-state index in [4.69, 9.17) is 0 Å². The van der Waals surface area contributed by atoms with Crippen molar-refractivity contribution in [2.45, 2.75) is 329 Å². The molecule has 0 saturated heterocycles. The molecule has 0 aliphatic rings. The Hall–Kier alpha value is -1.92. The third kappa shape index (κ3) is 74.6. The van der Waals surface area contributed by atoms with E-state index < -0.39 is 24.3 Å². The van der Waals surface area contributed by atoms with Gasteiger partial charge in [-0.15, -0.1) is 0 Å². The van der Waals surface area contributed by atoms with Gasteiger partial charge in [-0.25, -0.2) is 0 Å². The van der Waals surface area contributed by atoms with Crippen LogP contribution >= 0.6 is 0 Å². The van der Waals surface area contributed by atoms with Gasteiger partial charge < -0.3 is 28.8 Å². The second kappa shape index (κ2) is 60.0. The third-order valence-corrected chi connectivity index (χ3v) is 13.8. The lowest BCUT2D eigenvalue weighted by Crippen LogP contribution is -2.35. The number of hydrogen-bond donors (Lipinski definition) is 0. The molecule has 1 unspecified atom stereocenters. The molecule has 0 aliphatic carbocycles. The molecule has 6 heteroatoms. The van der Waals surface area contributed by atoms with Gasteiger partial charge in [-0.3, -0.25) is 0 Å². The van der Waals surface area contributed by atoms with Crippen molar-refractivity contribution in [3.63, 3.8) is 0 Å². The molecule has 0 rings (SSSR count). The number of hydrogen-bond acceptors (Lipinski definition) is 4. The maximum absolute atomic E-state index is 10.8. The molecule has 0 N–H and O–H groups in total. The van der Waals surface area contributed by atoms with Crippen molar-refractivity contribution in [1.29, 1.82) is 0 Å². The van der Waals surface area contributed by atoms with E-state index in [1.807, 2.05) is 0 Å². The summed E-state index contributed by atoms with van der Waals surface area (Å²) in [6, 6.07) is 0. The van der Waals surface area contributed by atoms with E-state index in [1.54, 1.807) is 6.08 Å². The fourth-order valence-electron chi connectivity index (χ4n) is 9.18. The summed E-state index contributed by atoms with van der Waals surface area (Å²) in [5, 5.41) is 21.3. The van der Waals surface area contributed by atoms with Crippen LogP contribution in [0, 0.1) is 5.92 Å². The Morgan fingerprint density at radius 3 is 0.694 bits per heavy atom. The smallest absolute Gasteiger partial charge is 0.0911 e. The number of rotatable bonds is 53. The normalized spacial score (nSPS) is 12.4. The summed E-state index contributed by atoms with van der Waals surface area (Å²) in [6.45, 7) is 6.86. The van der Waals surface area contributed by atoms with Crippen molar-refractivity contribution in [1.82, 2.24) is 0 Å². The summed E-state index contributed by atoms with van der Waals surface area (Å²) < 4.78 is 1.89. The van der Waals surface area contributed by atoms with Crippen molar-refractivity contribution < 1.29 is 28.8 Å². The number of quaternary nitrogens is 2. The van der Waals surface area contributed by atoms with E-state index in [1.165, 1.54) is 289 Å². The second-order valence-corrected chi connectivity index (χ2v) is 23.8. The zero-order valence-electron chi connectivity index (χ0n) is 50.5. The topological polar surface area (TPSA) is 80.3 Å². The lowest BCUT2D eigenvalue weighted by molar-refractivity contribution is -0.817. The SMILES string of the molecule is CCCCCCCCCCCCCCC=C[N+](C)(C)C.CCCCCCCCCCCCCCC=C[N+](C)(C)C.CCCCCCCCCCCCCCCCCCCCCCC=CC(CC(=O)[O-])C(=O)[O-]. The van der Waals surface area contributed by atoms with Crippen LogP contribution in [0.3, 0.4) is 0 Å². The summed E-state index contributed by atoms with van der Waals surface area (Å²) in [4.78, 5) is 21.3. The van der Waals surface area contributed by atoms with Gasteiger partial charge in [0.2, 0.25) is 0 Å². The molecule has 0 amide bonds. The van der Waals surface area contributed by atoms with Gasteiger partial charge in [0.1, 0.15) is 0 Å². The van der Waals surface area contributed by atoms with Gasteiger partial charge in [0, 0.05) is 17.9 Å². The van der Waals surface area contributed by atoms with Crippen LogP contribution in [0.1, 0.15) is 329 Å². The quantitative estimate of drug-likeness (QED) is 0.0345. The first-order valence-corrected chi connectivity index (χ1v) is 31.7. The van der Waals surface area contributed by atoms with Crippen molar-refractivity contribution in [3.8, 4) is 0 Å². The van der Waals surface area contributed by atoms with Crippen molar-refractivity contribution in [3.05, 3.63) is 36.7 Å². The van der Waals surface area contributed by atoms with Crippen molar-refractivity contribution >= 4 is 11.9 Å². The van der Waals surface area contributed by atoms with Crippen LogP contribution in [0.2, 0.25) is 0 Å². The fourth-order valence-corrected chi connectivity index (χ4v) is 9.18. The van der Waals surface area contributed by atoms with Crippen LogP contribution in [-0.2, 0) is 9.59 Å². The maximum Gasteiger partial charge on any atom is 0.0911 e. The molecule has 0 aromatic rings. The van der Waals surface area contributed by atoms with Gasteiger partial charge >= 0.3 is 0 Å². The molecule has 0 fully saturated rings. The number of carboxylic acid groups (broad SMARTS) is 2.